The number of halogens is 1. The Kier molecular flexibility index (Phi) is 4.34. The second-order valence-electron chi connectivity index (χ2n) is 4.89. The lowest BCUT2D eigenvalue weighted by atomic mass is 10.1. The molecule has 1 amide bonds. The minimum Gasteiger partial charge on any atom is -0.356 e. The van der Waals surface area contributed by atoms with Crippen LogP contribution in [0.3, 0.4) is 0 Å². The van der Waals surface area contributed by atoms with Gasteiger partial charge in [0.25, 0.3) is 0 Å². The number of carbonyl (C=O) groups excluding carboxylic acids is 1. The molecule has 1 heterocycles. The van der Waals surface area contributed by atoms with Crippen LogP contribution in [-0.2, 0) is 11.2 Å². The number of benzene rings is 2. The molecular weight excluding hydrogens is 295 g/mol. The Morgan fingerprint density at radius 1 is 1.17 bits per heavy atom. The van der Waals surface area contributed by atoms with E-state index in [-0.39, 0.29) is 24.7 Å². The number of fused-ring (bicyclic) bond motifs is 1. The number of hydrogen-bond acceptors (Lipinski definition) is 3. The molecule has 0 aliphatic carbocycles. The lowest BCUT2D eigenvalue weighted by molar-refractivity contribution is -0.120. The predicted molar refractivity (Wildman–Crippen MR) is 84.0 cm³/mol. The highest BCUT2D eigenvalue weighted by Crippen LogP contribution is 2.17. The van der Waals surface area contributed by atoms with Crippen LogP contribution < -0.4 is 5.32 Å². The van der Waals surface area contributed by atoms with E-state index in [4.69, 9.17) is 4.52 Å². The maximum absolute atomic E-state index is 12.8. The molecule has 3 aromatic rings. The molecule has 0 unspecified atom stereocenters. The fourth-order valence-electron chi connectivity index (χ4n) is 2.10. The molecule has 0 bridgehead atoms. The molecule has 0 aliphatic rings. The van der Waals surface area contributed by atoms with Crippen LogP contribution in [-0.4, -0.2) is 17.6 Å². The van der Waals surface area contributed by atoms with Gasteiger partial charge in [0.2, 0.25) is 5.91 Å². The highest BCUT2D eigenvalue weighted by Gasteiger charge is 2.11. The van der Waals surface area contributed by atoms with Gasteiger partial charge in [-0.2, -0.15) is 0 Å². The molecule has 114 valence electrons. The van der Waals surface area contributed by atoms with Gasteiger partial charge in [0.1, 0.15) is 11.5 Å². The number of amides is 1. The molecule has 0 radical (unpaired) electrons. The van der Waals surface area contributed by atoms with E-state index in [0.717, 1.165) is 5.39 Å². The summed E-state index contributed by atoms with van der Waals surface area (Å²) in [4.78, 5) is 11.9. The van der Waals surface area contributed by atoms with Gasteiger partial charge in [0, 0.05) is 10.9 Å². The lowest BCUT2D eigenvalue weighted by Gasteiger charge is -1.98. The summed E-state index contributed by atoms with van der Waals surface area (Å²) in [5.41, 5.74) is 1.96. The summed E-state index contributed by atoms with van der Waals surface area (Å²) in [5.74, 6) is 5.19. The standard InChI is InChI=1S/C18H13FN2O2/c19-14-9-7-13(8-10-14)4-3-11-20-18(22)12-16-15-5-1-2-6-17(15)23-21-16/h1-2,5-10H,11-12H2,(H,20,22). The zero-order valence-electron chi connectivity index (χ0n) is 12.2. The van der Waals surface area contributed by atoms with Gasteiger partial charge in [-0.3, -0.25) is 4.79 Å². The molecule has 3 rings (SSSR count). The van der Waals surface area contributed by atoms with Gasteiger partial charge < -0.3 is 9.84 Å². The third-order valence-corrected chi connectivity index (χ3v) is 3.23. The maximum Gasteiger partial charge on any atom is 0.226 e. The first-order chi connectivity index (χ1) is 11.2. The molecule has 0 spiro atoms. The Hall–Kier alpha value is -3.13. The fraction of sp³-hybridized carbons (Fsp3) is 0.111. The van der Waals surface area contributed by atoms with Crippen LogP contribution in [0.4, 0.5) is 4.39 Å². The van der Waals surface area contributed by atoms with Crippen molar-refractivity contribution in [3.63, 3.8) is 0 Å². The van der Waals surface area contributed by atoms with E-state index in [2.05, 4.69) is 22.3 Å². The third kappa shape index (κ3) is 3.74. The molecular formula is C18H13FN2O2. The van der Waals surface area contributed by atoms with Gasteiger partial charge in [-0.25, -0.2) is 4.39 Å². The summed E-state index contributed by atoms with van der Waals surface area (Å²) in [6, 6.07) is 13.3. The third-order valence-electron chi connectivity index (χ3n) is 3.23. The normalized spacial score (nSPS) is 10.1. The van der Waals surface area contributed by atoms with Crippen molar-refractivity contribution in [3.8, 4) is 11.8 Å². The molecule has 0 fully saturated rings. The molecule has 5 heteroatoms. The van der Waals surface area contributed by atoms with Gasteiger partial charge in [-0.15, -0.1) is 0 Å². The van der Waals surface area contributed by atoms with Crippen molar-refractivity contribution in [1.29, 1.82) is 0 Å². The number of aromatic nitrogens is 1. The Labute approximate surface area is 132 Å². The van der Waals surface area contributed by atoms with E-state index in [0.29, 0.717) is 16.8 Å². The largest absolute Gasteiger partial charge is 0.356 e. The van der Waals surface area contributed by atoms with Crippen LogP contribution in [0.5, 0.6) is 0 Å². The van der Waals surface area contributed by atoms with E-state index in [1.54, 1.807) is 18.2 Å². The first kappa shape index (κ1) is 14.8. The van der Waals surface area contributed by atoms with Gasteiger partial charge >= 0.3 is 0 Å². The van der Waals surface area contributed by atoms with Crippen molar-refractivity contribution >= 4 is 16.9 Å². The van der Waals surface area contributed by atoms with E-state index in [9.17, 15) is 9.18 Å². The summed E-state index contributed by atoms with van der Waals surface area (Å²) in [5, 5.41) is 7.44. The molecule has 1 aromatic heterocycles. The number of hydrogen-bond donors (Lipinski definition) is 1. The highest BCUT2D eigenvalue weighted by atomic mass is 19.1. The number of nitrogens with zero attached hydrogens (tertiary/aromatic N) is 1. The molecule has 0 atom stereocenters. The molecule has 0 aliphatic heterocycles. The first-order valence-corrected chi connectivity index (χ1v) is 7.07. The van der Waals surface area contributed by atoms with Crippen LogP contribution >= 0.6 is 0 Å². The number of carbonyl (C=O) groups is 1. The van der Waals surface area contributed by atoms with Crippen molar-refractivity contribution in [2.45, 2.75) is 6.42 Å². The predicted octanol–water partition coefficient (Wildman–Crippen LogP) is 2.68. The lowest BCUT2D eigenvalue weighted by Crippen LogP contribution is -2.25. The number of para-hydroxylation sites is 1. The Bertz CT molecular complexity index is 889. The second kappa shape index (κ2) is 6.75. The summed E-state index contributed by atoms with van der Waals surface area (Å²) < 4.78 is 17.9. The average molecular weight is 308 g/mol. The molecule has 1 N–H and O–H groups in total. The van der Waals surface area contributed by atoms with Gasteiger partial charge in [-0.1, -0.05) is 29.1 Å². The zero-order chi connectivity index (χ0) is 16.1. The summed E-state index contributed by atoms with van der Waals surface area (Å²) in [6.45, 7) is 0.214. The highest BCUT2D eigenvalue weighted by molar-refractivity contribution is 5.86. The first-order valence-electron chi connectivity index (χ1n) is 7.07. The maximum atomic E-state index is 12.8. The molecule has 23 heavy (non-hydrogen) atoms. The van der Waals surface area contributed by atoms with Gasteiger partial charge in [-0.05, 0) is 36.4 Å². The fourth-order valence-corrected chi connectivity index (χ4v) is 2.10. The van der Waals surface area contributed by atoms with E-state index in [1.807, 2.05) is 18.2 Å². The Balaban J connectivity index is 1.55. The number of nitrogens with one attached hydrogen (secondary N) is 1. The van der Waals surface area contributed by atoms with Crippen molar-refractivity contribution in [1.82, 2.24) is 10.5 Å². The smallest absolute Gasteiger partial charge is 0.226 e. The Morgan fingerprint density at radius 3 is 2.78 bits per heavy atom. The van der Waals surface area contributed by atoms with Crippen LogP contribution in [0.15, 0.2) is 53.1 Å². The Morgan fingerprint density at radius 2 is 1.96 bits per heavy atom. The quantitative estimate of drug-likeness (QED) is 0.757. The minimum absolute atomic E-state index is 0.134. The van der Waals surface area contributed by atoms with Crippen molar-refractivity contribution in [2.24, 2.45) is 0 Å². The van der Waals surface area contributed by atoms with Crippen LogP contribution in [0.25, 0.3) is 11.0 Å². The molecule has 0 saturated heterocycles. The van der Waals surface area contributed by atoms with Crippen molar-refractivity contribution < 1.29 is 13.7 Å². The summed E-state index contributed by atoms with van der Waals surface area (Å²) in [6.07, 6.45) is 0.134. The SMILES string of the molecule is O=C(Cc1noc2ccccc12)NCC#Cc1ccc(F)cc1. The van der Waals surface area contributed by atoms with Gasteiger partial charge in [0.15, 0.2) is 5.58 Å². The topological polar surface area (TPSA) is 55.1 Å². The monoisotopic (exact) mass is 308 g/mol. The van der Waals surface area contributed by atoms with Crippen LogP contribution in [0.1, 0.15) is 11.3 Å². The minimum atomic E-state index is -0.302. The van der Waals surface area contributed by atoms with Crippen LogP contribution in [0.2, 0.25) is 0 Å². The number of rotatable bonds is 3. The molecule has 2 aromatic carbocycles. The van der Waals surface area contributed by atoms with Crippen molar-refractivity contribution in [2.75, 3.05) is 6.54 Å². The average Bonchev–Trinajstić information content (AvgIpc) is 2.96. The summed E-state index contributed by atoms with van der Waals surface area (Å²) in [7, 11) is 0. The molecule has 4 nitrogen and oxygen atoms in total. The van der Waals surface area contributed by atoms with Gasteiger partial charge in [0.05, 0.1) is 13.0 Å². The summed E-state index contributed by atoms with van der Waals surface area (Å²) >= 11 is 0. The zero-order valence-corrected chi connectivity index (χ0v) is 12.2. The van der Waals surface area contributed by atoms with E-state index >= 15 is 0 Å². The van der Waals surface area contributed by atoms with Crippen molar-refractivity contribution in [3.05, 3.63) is 65.6 Å². The van der Waals surface area contributed by atoms with E-state index < -0.39 is 0 Å². The van der Waals surface area contributed by atoms with Crippen LogP contribution in [0, 0.1) is 17.7 Å². The molecule has 0 saturated carbocycles. The second-order valence-corrected chi connectivity index (χ2v) is 4.89. The van der Waals surface area contributed by atoms with E-state index in [1.165, 1.54) is 12.1 Å².